The van der Waals surface area contributed by atoms with E-state index in [1.165, 1.54) is 0 Å². The van der Waals surface area contributed by atoms with E-state index in [0.29, 0.717) is 25.3 Å². The van der Waals surface area contributed by atoms with Crippen LogP contribution in [-0.2, 0) is 11.3 Å². The molecule has 0 unspecified atom stereocenters. The zero-order chi connectivity index (χ0) is 20.9. The summed E-state index contributed by atoms with van der Waals surface area (Å²) in [4.78, 5) is 11.7. The van der Waals surface area contributed by atoms with Crippen molar-refractivity contribution in [3.05, 3.63) is 65.9 Å². The number of hydrogen-bond acceptors (Lipinski definition) is 5. The third-order valence-electron chi connectivity index (χ3n) is 4.19. The van der Waals surface area contributed by atoms with Crippen molar-refractivity contribution in [1.82, 2.24) is 5.32 Å². The van der Waals surface area contributed by atoms with Gasteiger partial charge in [-0.3, -0.25) is 0 Å². The van der Waals surface area contributed by atoms with E-state index in [-0.39, 0.29) is 0 Å². The van der Waals surface area contributed by atoms with Gasteiger partial charge in [-0.1, -0.05) is 30.3 Å². The predicted molar refractivity (Wildman–Crippen MR) is 111 cm³/mol. The third-order valence-corrected chi connectivity index (χ3v) is 4.19. The largest absolute Gasteiger partial charge is 0.486 e. The monoisotopic (exact) mass is 397 g/mol. The standard InChI is InChI=1S/C23H27NO5/c1-23(2,3)29-22(26)24-12-11-20(25)16-8-6-9-18(13-16)27-15-19-14-17-7-4-5-10-21(17)28-19/h4-10,13-14,20,25H,11-12,15H2,1-3H3,(H,24,26)/t20-/m1/s1. The summed E-state index contributed by atoms with van der Waals surface area (Å²) in [6, 6.07) is 17.0. The van der Waals surface area contributed by atoms with Gasteiger partial charge in [0.05, 0.1) is 6.10 Å². The molecule has 0 aliphatic carbocycles. The van der Waals surface area contributed by atoms with E-state index >= 15 is 0 Å². The first kappa shape index (κ1) is 20.7. The van der Waals surface area contributed by atoms with E-state index in [0.717, 1.165) is 22.3 Å². The molecule has 0 bridgehead atoms. The summed E-state index contributed by atoms with van der Waals surface area (Å²) in [5, 5.41) is 14.1. The van der Waals surface area contributed by atoms with E-state index in [1.807, 2.05) is 48.5 Å². The van der Waals surface area contributed by atoms with Gasteiger partial charge in [0.2, 0.25) is 0 Å². The molecular weight excluding hydrogens is 370 g/mol. The number of furan rings is 1. The number of hydrogen-bond donors (Lipinski definition) is 2. The molecule has 3 rings (SSSR count). The molecular formula is C23H27NO5. The zero-order valence-electron chi connectivity index (χ0n) is 17.0. The van der Waals surface area contributed by atoms with Crippen LogP contribution in [0.5, 0.6) is 5.75 Å². The summed E-state index contributed by atoms with van der Waals surface area (Å²) in [5.41, 5.74) is 1.000. The van der Waals surface area contributed by atoms with Crippen LogP contribution in [0.2, 0.25) is 0 Å². The van der Waals surface area contributed by atoms with Gasteiger partial charge in [-0.2, -0.15) is 0 Å². The van der Waals surface area contributed by atoms with Gasteiger partial charge in [-0.15, -0.1) is 0 Å². The molecule has 1 atom stereocenters. The summed E-state index contributed by atoms with van der Waals surface area (Å²) in [6.07, 6.45) is -0.848. The Bertz CT molecular complexity index is 924. The second-order valence-electron chi connectivity index (χ2n) is 7.84. The molecule has 0 radical (unpaired) electrons. The van der Waals surface area contributed by atoms with Gasteiger partial charge < -0.3 is 24.3 Å². The fraction of sp³-hybridized carbons (Fsp3) is 0.348. The molecule has 0 fully saturated rings. The van der Waals surface area contributed by atoms with Crippen LogP contribution in [0, 0.1) is 0 Å². The second-order valence-corrected chi connectivity index (χ2v) is 7.84. The minimum Gasteiger partial charge on any atom is -0.486 e. The Kier molecular flexibility index (Phi) is 6.44. The second kappa shape index (κ2) is 9.01. The number of aliphatic hydroxyl groups excluding tert-OH is 1. The molecule has 3 aromatic rings. The Morgan fingerprint density at radius 1 is 1.14 bits per heavy atom. The van der Waals surface area contributed by atoms with Crippen LogP contribution < -0.4 is 10.1 Å². The minimum absolute atomic E-state index is 0.300. The summed E-state index contributed by atoms with van der Waals surface area (Å²) in [5.74, 6) is 1.38. The number of amides is 1. The number of rotatable bonds is 7. The Hall–Kier alpha value is -2.99. The highest BCUT2D eigenvalue weighted by Crippen LogP contribution is 2.24. The molecule has 0 saturated carbocycles. The Morgan fingerprint density at radius 3 is 2.69 bits per heavy atom. The molecule has 0 aliphatic heterocycles. The maximum Gasteiger partial charge on any atom is 0.407 e. The summed E-state index contributed by atoms with van der Waals surface area (Å²) < 4.78 is 16.7. The normalized spacial score (nSPS) is 12.6. The van der Waals surface area contributed by atoms with E-state index in [4.69, 9.17) is 13.9 Å². The highest BCUT2D eigenvalue weighted by molar-refractivity contribution is 5.77. The van der Waals surface area contributed by atoms with Crippen LogP contribution in [0.15, 0.2) is 59.0 Å². The lowest BCUT2D eigenvalue weighted by molar-refractivity contribution is 0.0518. The summed E-state index contributed by atoms with van der Waals surface area (Å²) in [6.45, 7) is 6.02. The van der Waals surface area contributed by atoms with Gasteiger partial charge >= 0.3 is 6.09 Å². The van der Waals surface area contributed by atoms with Crippen LogP contribution in [-0.4, -0.2) is 23.3 Å². The molecule has 154 valence electrons. The van der Waals surface area contributed by atoms with Crippen molar-refractivity contribution in [2.75, 3.05) is 6.54 Å². The molecule has 1 aromatic heterocycles. The average molecular weight is 397 g/mol. The van der Waals surface area contributed by atoms with Crippen molar-refractivity contribution in [3.63, 3.8) is 0 Å². The maximum absolute atomic E-state index is 11.7. The first-order valence-electron chi connectivity index (χ1n) is 9.65. The number of carbonyl (C=O) groups excluding carboxylic acids is 1. The molecule has 6 nitrogen and oxygen atoms in total. The van der Waals surface area contributed by atoms with Crippen LogP contribution in [0.3, 0.4) is 0 Å². The Morgan fingerprint density at radius 2 is 1.93 bits per heavy atom. The number of alkyl carbamates (subject to hydrolysis) is 1. The average Bonchev–Trinajstić information content (AvgIpc) is 3.08. The molecule has 6 heteroatoms. The molecule has 0 saturated heterocycles. The lowest BCUT2D eigenvalue weighted by Crippen LogP contribution is -2.33. The number of carbonyl (C=O) groups is 1. The van der Waals surface area contributed by atoms with E-state index in [9.17, 15) is 9.90 Å². The Labute approximate surface area is 170 Å². The summed E-state index contributed by atoms with van der Waals surface area (Å²) in [7, 11) is 0. The SMILES string of the molecule is CC(C)(C)OC(=O)NCC[C@@H](O)c1cccc(OCc2cc3ccccc3o2)c1. The maximum atomic E-state index is 11.7. The zero-order valence-corrected chi connectivity index (χ0v) is 17.0. The van der Waals surface area contributed by atoms with Gasteiger partial charge in [0, 0.05) is 11.9 Å². The van der Waals surface area contributed by atoms with Crippen molar-refractivity contribution in [2.24, 2.45) is 0 Å². The van der Waals surface area contributed by atoms with Crippen LogP contribution in [0.4, 0.5) is 4.79 Å². The highest BCUT2D eigenvalue weighted by atomic mass is 16.6. The fourth-order valence-electron chi connectivity index (χ4n) is 2.87. The number of benzene rings is 2. The molecule has 2 N–H and O–H groups in total. The molecule has 1 heterocycles. The van der Waals surface area contributed by atoms with E-state index in [2.05, 4.69) is 5.32 Å². The van der Waals surface area contributed by atoms with Crippen molar-refractivity contribution < 1.29 is 23.8 Å². The van der Waals surface area contributed by atoms with Gasteiger partial charge in [-0.05, 0) is 57.0 Å². The van der Waals surface area contributed by atoms with Crippen molar-refractivity contribution in [2.45, 2.75) is 45.5 Å². The fourth-order valence-corrected chi connectivity index (χ4v) is 2.87. The van der Waals surface area contributed by atoms with E-state index in [1.54, 1.807) is 26.8 Å². The lowest BCUT2D eigenvalue weighted by atomic mass is 10.1. The minimum atomic E-state index is -0.723. The quantitative estimate of drug-likeness (QED) is 0.589. The number of fused-ring (bicyclic) bond motifs is 1. The van der Waals surface area contributed by atoms with E-state index < -0.39 is 17.8 Å². The first-order valence-corrected chi connectivity index (χ1v) is 9.65. The first-order chi connectivity index (χ1) is 13.8. The van der Waals surface area contributed by atoms with Gasteiger partial charge in [-0.25, -0.2) is 4.79 Å². The third kappa shape index (κ3) is 6.26. The number of aliphatic hydroxyl groups is 1. The molecule has 0 aliphatic rings. The van der Waals surface area contributed by atoms with Crippen LogP contribution in [0.1, 0.15) is 44.6 Å². The lowest BCUT2D eigenvalue weighted by Gasteiger charge is -2.20. The van der Waals surface area contributed by atoms with Crippen LogP contribution in [0.25, 0.3) is 11.0 Å². The van der Waals surface area contributed by atoms with Crippen LogP contribution >= 0.6 is 0 Å². The molecule has 0 spiro atoms. The predicted octanol–water partition coefficient (Wildman–Crippen LogP) is 4.96. The van der Waals surface area contributed by atoms with Crippen molar-refractivity contribution in [1.29, 1.82) is 0 Å². The number of nitrogens with one attached hydrogen (secondary N) is 1. The smallest absolute Gasteiger partial charge is 0.407 e. The number of para-hydroxylation sites is 1. The molecule has 1 amide bonds. The Balaban J connectivity index is 1.51. The van der Waals surface area contributed by atoms with Gasteiger partial charge in [0.15, 0.2) is 0 Å². The van der Waals surface area contributed by atoms with Crippen molar-refractivity contribution >= 4 is 17.1 Å². The van der Waals surface area contributed by atoms with Gasteiger partial charge in [0.1, 0.15) is 29.3 Å². The molecule has 2 aromatic carbocycles. The van der Waals surface area contributed by atoms with Crippen molar-refractivity contribution in [3.8, 4) is 5.75 Å². The summed E-state index contributed by atoms with van der Waals surface area (Å²) >= 11 is 0. The van der Waals surface area contributed by atoms with Gasteiger partial charge in [0.25, 0.3) is 0 Å². The number of ether oxygens (including phenoxy) is 2. The molecule has 29 heavy (non-hydrogen) atoms. The topological polar surface area (TPSA) is 80.9 Å². The highest BCUT2D eigenvalue weighted by Gasteiger charge is 2.16.